The van der Waals surface area contributed by atoms with E-state index >= 15 is 0 Å². The van der Waals surface area contributed by atoms with Crippen LogP contribution in [-0.2, 0) is 19.1 Å². The Morgan fingerprint density at radius 3 is 2.30 bits per heavy atom. The number of hydrogen-bond donors (Lipinski definition) is 1. The predicted molar refractivity (Wildman–Crippen MR) is 127 cm³/mol. The maximum absolute atomic E-state index is 13.8. The van der Waals surface area contributed by atoms with Gasteiger partial charge in [-0.3, -0.25) is 4.90 Å². The molecule has 194 valence electrons. The number of hydrogen-bond acceptors (Lipinski definition) is 8. The summed E-state index contributed by atoms with van der Waals surface area (Å²) in [7, 11) is 2.09. The van der Waals surface area contributed by atoms with Crippen LogP contribution in [0.3, 0.4) is 0 Å². The van der Waals surface area contributed by atoms with Crippen molar-refractivity contribution in [3.8, 4) is 11.8 Å². The minimum absolute atomic E-state index is 0.164. The number of carbonyl (C=O) groups excluding carboxylic acids is 2. The molecule has 0 saturated heterocycles. The fourth-order valence-electron chi connectivity index (χ4n) is 3.69. The first-order chi connectivity index (χ1) is 17.5. The second-order valence-electron chi connectivity index (χ2n) is 7.41. The highest BCUT2D eigenvalue weighted by molar-refractivity contribution is 6.33. The van der Waals surface area contributed by atoms with Gasteiger partial charge in [0.05, 0.1) is 48.1 Å². The van der Waals surface area contributed by atoms with Crippen LogP contribution < -0.4 is 15.4 Å². The highest BCUT2D eigenvalue weighted by atomic mass is 35.5. The van der Waals surface area contributed by atoms with Crippen molar-refractivity contribution in [2.75, 3.05) is 19.1 Å². The topological polar surface area (TPSA) is 115 Å². The molecule has 0 bridgehead atoms. The van der Waals surface area contributed by atoms with Gasteiger partial charge in [-0.25, -0.2) is 14.0 Å². The van der Waals surface area contributed by atoms with Gasteiger partial charge in [0.2, 0.25) is 0 Å². The summed E-state index contributed by atoms with van der Waals surface area (Å²) in [5.41, 5.74) is 2.30. The Kier molecular flexibility index (Phi) is 8.25. The monoisotopic (exact) mass is 555 g/mol. The Bertz CT molecular complexity index is 1330. The number of anilines is 1. The third-order valence-corrected chi connectivity index (χ3v) is 5.85. The van der Waals surface area contributed by atoms with Gasteiger partial charge in [0.15, 0.2) is 0 Å². The number of allylic oxidation sites excluding steroid dienone is 1. The average molecular weight is 556 g/mol. The Balaban J connectivity index is 2.36. The Morgan fingerprint density at radius 2 is 1.76 bits per heavy atom. The zero-order valence-corrected chi connectivity index (χ0v) is 20.7. The van der Waals surface area contributed by atoms with E-state index in [1.54, 1.807) is 30.3 Å². The van der Waals surface area contributed by atoms with E-state index in [0.717, 1.165) is 37.3 Å². The van der Waals surface area contributed by atoms with E-state index in [-0.39, 0.29) is 27.7 Å². The molecular weight excluding hydrogens is 538 g/mol. The van der Waals surface area contributed by atoms with Crippen LogP contribution in [0.2, 0.25) is 5.02 Å². The highest BCUT2D eigenvalue weighted by Crippen LogP contribution is 2.45. The van der Waals surface area contributed by atoms with Crippen LogP contribution in [0.25, 0.3) is 0 Å². The van der Waals surface area contributed by atoms with Crippen LogP contribution in [0.1, 0.15) is 11.5 Å². The molecule has 2 atom stereocenters. The molecular formula is C24H18Cl2F3N3O5. The Labute approximate surface area is 219 Å². The fraction of sp³-hybridized carbons (Fsp3) is 0.208. The molecule has 2 N–H and O–H groups in total. The first-order valence-corrected chi connectivity index (χ1v) is 11.1. The molecule has 13 heteroatoms. The van der Waals surface area contributed by atoms with Gasteiger partial charge in [0.25, 0.3) is 5.63 Å². The van der Waals surface area contributed by atoms with Crippen LogP contribution in [0, 0.1) is 11.3 Å². The number of halogens is 5. The summed E-state index contributed by atoms with van der Waals surface area (Å²) in [5.74, 6) is -4.23. The first kappa shape index (κ1) is 27.7. The van der Waals surface area contributed by atoms with Crippen LogP contribution in [0.15, 0.2) is 71.2 Å². The number of nitrogens with two attached hydrogens (primary N) is 1. The molecule has 0 saturated carbocycles. The van der Waals surface area contributed by atoms with Gasteiger partial charge in [-0.1, -0.05) is 53.5 Å². The number of carbonyl (C=O) groups is 2. The zero-order valence-electron chi connectivity index (χ0n) is 19.2. The second-order valence-corrected chi connectivity index (χ2v) is 8.20. The van der Waals surface area contributed by atoms with E-state index in [1.165, 1.54) is 0 Å². The highest BCUT2D eigenvalue weighted by Gasteiger charge is 2.45. The van der Waals surface area contributed by atoms with Crippen LogP contribution in [-0.4, -0.2) is 37.9 Å². The largest absolute Gasteiger partial charge is 0.466 e. The lowest BCUT2D eigenvalue weighted by Gasteiger charge is -2.36. The van der Waals surface area contributed by atoms with Crippen molar-refractivity contribution in [3.63, 3.8) is 0 Å². The van der Waals surface area contributed by atoms with Crippen molar-refractivity contribution in [1.29, 1.82) is 5.26 Å². The van der Waals surface area contributed by atoms with Gasteiger partial charge in [0.1, 0.15) is 17.3 Å². The SMILES string of the molecule is COC(=O)C1=C(C(=O)OC)N(c2cc(OC(F)(F)C(F)Cl)ccc2Cl)C(N)=C(C#N)C1c1ccccc1. The molecule has 8 nitrogen and oxygen atoms in total. The molecule has 0 spiro atoms. The van der Waals surface area contributed by atoms with Crippen LogP contribution >= 0.6 is 23.2 Å². The summed E-state index contributed by atoms with van der Waals surface area (Å²) in [5, 5.41) is 9.87. The number of methoxy groups -OCH3 is 2. The molecule has 1 aliphatic rings. The van der Waals surface area contributed by atoms with Crippen molar-refractivity contribution in [1.82, 2.24) is 0 Å². The number of benzene rings is 2. The van der Waals surface area contributed by atoms with E-state index in [0.29, 0.717) is 5.56 Å². The van der Waals surface area contributed by atoms with E-state index < -0.39 is 41.0 Å². The minimum atomic E-state index is -4.43. The molecule has 2 aromatic rings. The van der Waals surface area contributed by atoms with Crippen LogP contribution in [0.4, 0.5) is 18.9 Å². The maximum atomic E-state index is 13.8. The van der Waals surface area contributed by atoms with Gasteiger partial charge in [-0.2, -0.15) is 14.0 Å². The average Bonchev–Trinajstić information content (AvgIpc) is 2.88. The summed E-state index contributed by atoms with van der Waals surface area (Å²) < 4.78 is 54.9. The number of alkyl halides is 4. The Hall–Kier alpha value is -3.88. The zero-order chi connectivity index (χ0) is 27.5. The van der Waals surface area contributed by atoms with E-state index in [2.05, 4.69) is 4.74 Å². The van der Waals surface area contributed by atoms with Crippen molar-refractivity contribution in [2.24, 2.45) is 5.73 Å². The summed E-state index contributed by atoms with van der Waals surface area (Å²) in [6, 6.07) is 13.1. The number of nitriles is 1. The van der Waals surface area contributed by atoms with Crippen molar-refractivity contribution >= 4 is 40.8 Å². The molecule has 2 unspecified atom stereocenters. The predicted octanol–water partition coefficient (Wildman–Crippen LogP) is 4.74. The molecule has 0 amide bonds. The molecule has 0 aromatic heterocycles. The normalized spacial score (nSPS) is 16.7. The fourth-order valence-corrected chi connectivity index (χ4v) is 3.94. The smallest absolute Gasteiger partial charge is 0.444 e. The van der Waals surface area contributed by atoms with Gasteiger partial charge in [-0.15, -0.1) is 0 Å². The van der Waals surface area contributed by atoms with Crippen molar-refractivity contribution in [2.45, 2.75) is 17.7 Å². The van der Waals surface area contributed by atoms with E-state index in [4.69, 9.17) is 38.4 Å². The van der Waals surface area contributed by atoms with Gasteiger partial charge in [0, 0.05) is 6.07 Å². The quantitative estimate of drug-likeness (QED) is 0.384. The number of esters is 2. The molecule has 1 aliphatic heterocycles. The summed E-state index contributed by atoms with van der Waals surface area (Å²) >= 11 is 11.2. The molecule has 1 heterocycles. The molecule has 3 rings (SSSR count). The minimum Gasteiger partial charge on any atom is -0.466 e. The lowest BCUT2D eigenvalue weighted by atomic mass is 9.81. The van der Waals surface area contributed by atoms with Gasteiger partial charge >= 0.3 is 18.0 Å². The number of nitrogens with zero attached hydrogens (tertiary/aromatic N) is 2. The first-order valence-electron chi connectivity index (χ1n) is 10.3. The summed E-state index contributed by atoms with van der Waals surface area (Å²) in [6.07, 6.45) is -4.43. The third-order valence-electron chi connectivity index (χ3n) is 5.28. The summed E-state index contributed by atoms with van der Waals surface area (Å²) in [4.78, 5) is 27.0. The molecule has 37 heavy (non-hydrogen) atoms. The standard InChI is InChI=1S/C24H18Cl2F3N3O5/c1-35-21(33)18-17(12-6-4-3-5-7-12)14(11-30)20(31)32(19(18)22(34)36-2)16-10-13(8-9-15(16)25)37-24(28,29)23(26)27/h3-10,17,23H,31H2,1-2H3. The molecule has 2 aromatic carbocycles. The molecule has 0 fully saturated rings. The number of rotatable bonds is 7. The van der Waals surface area contributed by atoms with Gasteiger partial charge < -0.3 is 19.9 Å². The van der Waals surface area contributed by atoms with Crippen LogP contribution in [0.5, 0.6) is 5.75 Å². The van der Waals surface area contributed by atoms with E-state index in [9.17, 15) is 28.0 Å². The molecule has 0 aliphatic carbocycles. The second kappa shape index (κ2) is 11.0. The van der Waals surface area contributed by atoms with Crippen molar-refractivity contribution in [3.05, 3.63) is 81.8 Å². The van der Waals surface area contributed by atoms with Gasteiger partial charge in [-0.05, 0) is 17.7 Å². The summed E-state index contributed by atoms with van der Waals surface area (Å²) in [6.45, 7) is 0. The third kappa shape index (κ3) is 5.30. The molecule has 0 radical (unpaired) electrons. The Morgan fingerprint density at radius 1 is 1.14 bits per heavy atom. The maximum Gasteiger partial charge on any atom is 0.444 e. The lowest BCUT2D eigenvalue weighted by molar-refractivity contribution is -0.199. The lowest BCUT2D eigenvalue weighted by Crippen LogP contribution is -2.41. The van der Waals surface area contributed by atoms with Crippen molar-refractivity contribution < 1.29 is 37.0 Å². The van der Waals surface area contributed by atoms with E-state index in [1.807, 2.05) is 6.07 Å². The number of ether oxygens (including phenoxy) is 3.